The molecule has 0 aliphatic rings. The van der Waals surface area contributed by atoms with E-state index in [1.54, 1.807) is 19.9 Å². The minimum Gasteiger partial charge on any atom is -0.389 e. The average Bonchev–Trinajstić information content (AvgIpc) is 2.77. The van der Waals surface area contributed by atoms with Gasteiger partial charge in [0.15, 0.2) is 0 Å². The molecule has 1 rings (SSSR count). The van der Waals surface area contributed by atoms with Crippen LogP contribution in [0.5, 0.6) is 0 Å². The maximum atomic E-state index is 12.1. The Morgan fingerprint density at radius 3 is 2.40 bits per heavy atom. The van der Waals surface area contributed by atoms with Crippen LogP contribution in [0, 0.1) is 0 Å². The van der Waals surface area contributed by atoms with E-state index < -0.39 is 16.1 Å². The van der Waals surface area contributed by atoms with Crippen LogP contribution in [0.25, 0.3) is 0 Å². The van der Waals surface area contributed by atoms with E-state index in [9.17, 15) is 13.2 Å². The van der Waals surface area contributed by atoms with Gasteiger partial charge in [0.05, 0.1) is 10.9 Å². The van der Waals surface area contributed by atoms with Gasteiger partial charge in [-0.2, -0.15) is 4.72 Å². The Morgan fingerprint density at radius 1 is 1.35 bits per heavy atom. The molecule has 9 heteroatoms. The molecule has 0 aromatic carbocycles. The summed E-state index contributed by atoms with van der Waals surface area (Å²) >= 11 is 5.75. The zero-order valence-corrected chi connectivity index (χ0v) is 13.8. The fraction of sp³-hybridized carbons (Fsp3) is 0.455. The molecule has 0 aliphatic carbocycles. The van der Waals surface area contributed by atoms with Crippen LogP contribution in [-0.4, -0.2) is 31.4 Å². The van der Waals surface area contributed by atoms with Gasteiger partial charge in [-0.05, 0) is 32.9 Å². The summed E-state index contributed by atoms with van der Waals surface area (Å²) in [7, 11) is -3.76. The second-order valence-electron chi connectivity index (χ2n) is 4.49. The molecular weight excluding hydrogens is 318 g/mol. The topological polar surface area (TPSA) is 101 Å². The summed E-state index contributed by atoms with van der Waals surface area (Å²) in [6.07, 6.45) is 0. The predicted octanol–water partition coefficient (Wildman–Crippen LogP) is 0.574. The minimum absolute atomic E-state index is 0.0580. The third kappa shape index (κ3) is 4.51. The Morgan fingerprint density at radius 2 is 1.95 bits per heavy atom. The van der Waals surface area contributed by atoms with Gasteiger partial charge in [-0.3, -0.25) is 4.79 Å². The van der Waals surface area contributed by atoms with E-state index >= 15 is 0 Å². The van der Waals surface area contributed by atoms with Crippen LogP contribution >= 0.6 is 23.6 Å². The van der Waals surface area contributed by atoms with Gasteiger partial charge in [-0.1, -0.05) is 12.2 Å². The summed E-state index contributed by atoms with van der Waals surface area (Å²) in [5, 5.41) is 2.64. The molecule has 112 valence electrons. The number of hydrogen-bond donors (Lipinski definition) is 3. The normalized spacial score (nSPS) is 13.2. The summed E-state index contributed by atoms with van der Waals surface area (Å²) in [4.78, 5) is 12.4. The van der Waals surface area contributed by atoms with Crippen LogP contribution in [0.1, 0.15) is 25.6 Å². The number of hydrogen-bond acceptors (Lipinski definition) is 5. The van der Waals surface area contributed by atoms with Crippen LogP contribution in [-0.2, 0) is 14.8 Å². The lowest BCUT2D eigenvalue weighted by Crippen LogP contribution is -2.46. The highest BCUT2D eigenvalue weighted by Crippen LogP contribution is 2.21. The monoisotopic (exact) mass is 335 g/mol. The van der Waals surface area contributed by atoms with E-state index in [1.165, 1.54) is 13.0 Å². The van der Waals surface area contributed by atoms with Crippen molar-refractivity contribution in [1.82, 2.24) is 10.0 Å². The van der Waals surface area contributed by atoms with Crippen molar-refractivity contribution in [2.75, 3.05) is 0 Å². The Kier molecular flexibility index (Phi) is 5.63. The summed E-state index contributed by atoms with van der Waals surface area (Å²) < 4.78 is 26.6. The molecule has 1 atom stereocenters. The first-order chi connectivity index (χ1) is 9.13. The van der Waals surface area contributed by atoms with Crippen molar-refractivity contribution in [3.63, 3.8) is 0 Å². The molecule has 6 nitrogen and oxygen atoms in total. The highest BCUT2D eigenvalue weighted by Gasteiger charge is 2.24. The van der Waals surface area contributed by atoms with Crippen LogP contribution in [0.2, 0.25) is 0 Å². The van der Waals surface area contributed by atoms with Crippen molar-refractivity contribution in [1.29, 1.82) is 0 Å². The van der Waals surface area contributed by atoms with Crippen LogP contribution in [0.15, 0.2) is 16.3 Å². The van der Waals surface area contributed by atoms with Crippen molar-refractivity contribution >= 4 is 44.5 Å². The highest BCUT2D eigenvalue weighted by molar-refractivity contribution is 7.91. The molecule has 20 heavy (non-hydrogen) atoms. The fourth-order valence-electron chi connectivity index (χ4n) is 1.35. The third-order valence-electron chi connectivity index (χ3n) is 2.25. The highest BCUT2D eigenvalue weighted by atomic mass is 32.2. The minimum atomic E-state index is -3.76. The predicted molar refractivity (Wildman–Crippen MR) is 83.3 cm³/mol. The number of carbonyl (C=O) groups is 1. The van der Waals surface area contributed by atoms with Gasteiger partial charge in [0.2, 0.25) is 5.91 Å². The first-order valence-electron chi connectivity index (χ1n) is 5.86. The molecule has 1 aromatic rings. The summed E-state index contributed by atoms with van der Waals surface area (Å²) in [6, 6.07) is 2.03. The SMILES string of the molecule is CC(C)NC(=O)C(C)NS(=O)(=O)c1ccc(C(N)=S)s1. The Labute approximate surface area is 127 Å². The van der Waals surface area contributed by atoms with E-state index in [4.69, 9.17) is 18.0 Å². The number of thiocarbonyl (C=S) groups is 1. The van der Waals surface area contributed by atoms with Gasteiger partial charge in [0.1, 0.15) is 9.20 Å². The van der Waals surface area contributed by atoms with Crippen molar-refractivity contribution < 1.29 is 13.2 Å². The Hall–Kier alpha value is -1.03. The van der Waals surface area contributed by atoms with Gasteiger partial charge >= 0.3 is 0 Å². The van der Waals surface area contributed by atoms with E-state index in [-0.39, 0.29) is 21.1 Å². The second kappa shape index (κ2) is 6.61. The van der Waals surface area contributed by atoms with Gasteiger partial charge in [0.25, 0.3) is 10.0 Å². The molecule has 1 unspecified atom stereocenters. The zero-order valence-electron chi connectivity index (χ0n) is 11.3. The summed E-state index contributed by atoms with van der Waals surface area (Å²) in [5.41, 5.74) is 5.44. The molecule has 0 bridgehead atoms. The first-order valence-corrected chi connectivity index (χ1v) is 8.56. The number of rotatable bonds is 6. The standard InChI is InChI=1S/C11H17N3O3S3/c1-6(2)13-11(15)7(3)14-20(16,17)9-5-4-8(19-9)10(12)18/h4-7,14H,1-3H3,(H2,12,18)(H,13,15). The van der Waals surface area contributed by atoms with Crippen LogP contribution < -0.4 is 15.8 Å². The number of nitrogens with two attached hydrogens (primary N) is 1. The molecule has 0 spiro atoms. The van der Waals surface area contributed by atoms with E-state index in [0.29, 0.717) is 4.88 Å². The lowest BCUT2D eigenvalue weighted by Gasteiger charge is -2.15. The molecule has 1 aromatic heterocycles. The lowest BCUT2D eigenvalue weighted by atomic mass is 10.3. The zero-order chi connectivity index (χ0) is 15.5. The van der Waals surface area contributed by atoms with Crippen molar-refractivity contribution in [2.24, 2.45) is 5.73 Å². The van der Waals surface area contributed by atoms with E-state index in [2.05, 4.69) is 10.0 Å². The van der Waals surface area contributed by atoms with Gasteiger partial charge in [0, 0.05) is 6.04 Å². The van der Waals surface area contributed by atoms with Gasteiger partial charge in [-0.25, -0.2) is 8.42 Å². The van der Waals surface area contributed by atoms with Crippen molar-refractivity contribution in [2.45, 2.75) is 37.1 Å². The molecule has 0 radical (unpaired) electrons. The number of carbonyl (C=O) groups excluding carboxylic acids is 1. The maximum absolute atomic E-state index is 12.1. The first kappa shape index (κ1) is 17.0. The molecule has 0 aliphatic heterocycles. The molecule has 4 N–H and O–H groups in total. The summed E-state index contributed by atoms with van der Waals surface area (Å²) in [6.45, 7) is 5.08. The number of thiophene rings is 1. The quantitative estimate of drug-likeness (QED) is 0.660. The number of sulfonamides is 1. The number of amides is 1. The maximum Gasteiger partial charge on any atom is 0.250 e. The molecule has 1 heterocycles. The Bertz CT molecular complexity index is 607. The smallest absolute Gasteiger partial charge is 0.250 e. The van der Waals surface area contributed by atoms with Gasteiger partial charge < -0.3 is 11.1 Å². The van der Waals surface area contributed by atoms with E-state index in [0.717, 1.165) is 11.3 Å². The second-order valence-corrected chi connectivity index (χ2v) is 7.95. The molecular formula is C11H17N3O3S3. The van der Waals surface area contributed by atoms with Crippen molar-refractivity contribution in [3.8, 4) is 0 Å². The molecule has 0 saturated carbocycles. The molecule has 0 fully saturated rings. The number of nitrogens with one attached hydrogen (secondary N) is 2. The Balaban J connectivity index is 2.83. The summed E-state index contributed by atoms with van der Waals surface area (Å²) in [5.74, 6) is -0.380. The average molecular weight is 335 g/mol. The van der Waals surface area contributed by atoms with E-state index in [1.807, 2.05) is 0 Å². The lowest BCUT2D eigenvalue weighted by molar-refractivity contribution is -0.122. The van der Waals surface area contributed by atoms with Crippen LogP contribution in [0.4, 0.5) is 0 Å². The van der Waals surface area contributed by atoms with Crippen LogP contribution in [0.3, 0.4) is 0 Å². The largest absolute Gasteiger partial charge is 0.389 e. The molecule has 0 saturated heterocycles. The molecule has 1 amide bonds. The van der Waals surface area contributed by atoms with Crippen molar-refractivity contribution in [3.05, 3.63) is 17.0 Å². The fourth-order valence-corrected chi connectivity index (χ4v) is 3.92. The van der Waals surface area contributed by atoms with Gasteiger partial charge in [-0.15, -0.1) is 11.3 Å². The third-order valence-corrected chi connectivity index (χ3v) is 5.75.